The maximum atomic E-state index is 12.9. The topological polar surface area (TPSA) is 109 Å². The van der Waals surface area contributed by atoms with Crippen molar-refractivity contribution in [3.8, 4) is 5.75 Å². The van der Waals surface area contributed by atoms with Gasteiger partial charge in [0.2, 0.25) is 0 Å². The highest BCUT2D eigenvalue weighted by molar-refractivity contribution is 5.80. The third kappa shape index (κ3) is 5.25. The average Bonchev–Trinajstić information content (AvgIpc) is 3.51. The zero-order valence-electron chi connectivity index (χ0n) is 19.5. The van der Waals surface area contributed by atoms with Crippen LogP contribution in [0.1, 0.15) is 75.8 Å². The predicted octanol–water partition coefficient (Wildman–Crippen LogP) is 3.36. The molecule has 4 rings (SSSR count). The summed E-state index contributed by atoms with van der Waals surface area (Å²) >= 11 is 0. The van der Waals surface area contributed by atoms with Crippen LogP contribution in [0.5, 0.6) is 5.75 Å². The SMILES string of the molecule is CCOc1ccc2[nH]c(=O)c(CN(CCCO)C(CC)c3nnnn3C3CCCC3)cc2c1. The number of tetrazole rings is 1. The van der Waals surface area contributed by atoms with Gasteiger partial charge in [-0.05, 0) is 67.3 Å². The van der Waals surface area contributed by atoms with Gasteiger partial charge in [0.05, 0.1) is 18.7 Å². The number of fused-ring (bicyclic) bond motifs is 1. The molecule has 3 aromatic rings. The minimum absolute atomic E-state index is 0.0444. The molecular formula is C24H34N6O3. The minimum atomic E-state index is -0.106. The molecule has 0 aliphatic heterocycles. The molecule has 2 aromatic heterocycles. The molecule has 1 unspecified atom stereocenters. The Morgan fingerprint density at radius 2 is 2.09 bits per heavy atom. The summed E-state index contributed by atoms with van der Waals surface area (Å²) in [6, 6.07) is 7.93. The van der Waals surface area contributed by atoms with Crippen LogP contribution in [0.3, 0.4) is 0 Å². The fourth-order valence-electron chi connectivity index (χ4n) is 4.87. The Labute approximate surface area is 193 Å². The summed E-state index contributed by atoms with van der Waals surface area (Å²) < 4.78 is 7.62. The van der Waals surface area contributed by atoms with E-state index in [2.05, 4.69) is 32.3 Å². The van der Waals surface area contributed by atoms with Crippen molar-refractivity contribution in [3.63, 3.8) is 0 Å². The van der Waals surface area contributed by atoms with E-state index in [0.29, 0.717) is 37.7 Å². The number of hydrogen-bond acceptors (Lipinski definition) is 7. The van der Waals surface area contributed by atoms with Crippen LogP contribution in [0.4, 0.5) is 0 Å². The van der Waals surface area contributed by atoms with Gasteiger partial charge in [0.25, 0.3) is 5.56 Å². The highest BCUT2D eigenvalue weighted by Gasteiger charge is 2.29. The minimum Gasteiger partial charge on any atom is -0.494 e. The Balaban J connectivity index is 1.66. The quantitative estimate of drug-likeness (QED) is 0.457. The first-order valence-corrected chi connectivity index (χ1v) is 12.1. The van der Waals surface area contributed by atoms with Crippen molar-refractivity contribution in [2.24, 2.45) is 0 Å². The number of nitrogens with one attached hydrogen (secondary N) is 1. The second kappa shape index (κ2) is 10.9. The summed E-state index contributed by atoms with van der Waals surface area (Å²) in [5, 5.41) is 23.2. The zero-order chi connectivity index (χ0) is 23.2. The lowest BCUT2D eigenvalue weighted by molar-refractivity contribution is 0.150. The number of ether oxygens (including phenoxy) is 1. The number of aromatic amines is 1. The second-order valence-corrected chi connectivity index (χ2v) is 8.70. The van der Waals surface area contributed by atoms with Crippen LogP contribution in [0, 0.1) is 0 Å². The van der Waals surface area contributed by atoms with Crippen molar-refractivity contribution < 1.29 is 9.84 Å². The fraction of sp³-hybridized carbons (Fsp3) is 0.583. The number of aliphatic hydroxyl groups is 1. The highest BCUT2D eigenvalue weighted by atomic mass is 16.5. The van der Waals surface area contributed by atoms with Crippen molar-refractivity contribution >= 4 is 10.9 Å². The van der Waals surface area contributed by atoms with Crippen molar-refractivity contribution in [2.45, 2.75) is 71.0 Å². The van der Waals surface area contributed by atoms with Gasteiger partial charge in [0.1, 0.15) is 5.75 Å². The van der Waals surface area contributed by atoms with Gasteiger partial charge in [-0.15, -0.1) is 5.10 Å². The summed E-state index contributed by atoms with van der Waals surface area (Å²) in [7, 11) is 0. The standard InChI is InChI=1S/C24H34N6O3/c1-3-22(23-26-27-28-30(23)19-8-5-6-9-19)29(12-7-13-31)16-18-14-17-15-20(33-4-2)10-11-21(17)25-24(18)32/h10-11,14-15,19,22,31H,3-9,12-13,16H2,1-2H3,(H,25,32). The zero-order valence-corrected chi connectivity index (χ0v) is 19.5. The van der Waals surface area contributed by atoms with E-state index in [9.17, 15) is 9.90 Å². The number of aromatic nitrogens is 5. The molecule has 1 fully saturated rings. The molecule has 1 saturated carbocycles. The maximum absolute atomic E-state index is 12.9. The molecule has 1 atom stereocenters. The van der Waals surface area contributed by atoms with Crippen LogP contribution >= 0.6 is 0 Å². The van der Waals surface area contributed by atoms with E-state index in [1.165, 1.54) is 12.8 Å². The summed E-state index contributed by atoms with van der Waals surface area (Å²) in [5.41, 5.74) is 1.35. The van der Waals surface area contributed by atoms with Crippen molar-refractivity contribution in [1.82, 2.24) is 30.1 Å². The summed E-state index contributed by atoms with van der Waals surface area (Å²) in [6.45, 7) is 5.83. The molecule has 9 nitrogen and oxygen atoms in total. The smallest absolute Gasteiger partial charge is 0.252 e. The molecule has 1 aliphatic carbocycles. The number of hydrogen-bond donors (Lipinski definition) is 2. The third-order valence-electron chi connectivity index (χ3n) is 6.49. The van der Waals surface area contributed by atoms with Crippen molar-refractivity contribution in [2.75, 3.05) is 19.8 Å². The Bertz CT molecular complexity index is 1110. The van der Waals surface area contributed by atoms with Crippen LogP contribution in [0.2, 0.25) is 0 Å². The van der Waals surface area contributed by atoms with Gasteiger partial charge in [-0.1, -0.05) is 19.8 Å². The molecule has 1 aromatic carbocycles. The molecule has 0 amide bonds. The highest BCUT2D eigenvalue weighted by Crippen LogP contribution is 2.33. The first-order chi connectivity index (χ1) is 16.1. The first-order valence-electron chi connectivity index (χ1n) is 12.1. The summed E-state index contributed by atoms with van der Waals surface area (Å²) in [6.07, 6.45) is 6.01. The number of aliphatic hydroxyl groups excluding tert-OH is 1. The largest absolute Gasteiger partial charge is 0.494 e. The molecule has 2 N–H and O–H groups in total. The van der Waals surface area contributed by atoms with Crippen molar-refractivity contribution in [3.05, 3.63) is 46.0 Å². The number of nitrogens with zero attached hydrogens (tertiary/aromatic N) is 5. The van der Waals surface area contributed by atoms with E-state index < -0.39 is 0 Å². The van der Waals surface area contributed by atoms with E-state index >= 15 is 0 Å². The molecule has 0 radical (unpaired) electrons. The van der Waals surface area contributed by atoms with E-state index in [1.807, 2.05) is 35.9 Å². The fourth-order valence-corrected chi connectivity index (χ4v) is 4.87. The molecule has 2 heterocycles. The predicted molar refractivity (Wildman–Crippen MR) is 126 cm³/mol. The van der Waals surface area contributed by atoms with Gasteiger partial charge in [-0.3, -0.25) is 9.69 Å². The van der Waals surface area contributed by atoms with Crippen molar-refractivity contribution in [1.29, 1.82) is 0 Å². The molecule has 33 heavy (non-hydrogen) atoms. The summed E-state index contributed by atoms with van der Waals surface area (Å²) in [5.74, 6) is 1.63. The Kier molecular flexibility index (Phi) is 7.72. The van der Waals surface area contributed by atoms with Gasteiger partial charge in [-0.25, -0.2) is 4.68 Å². The number of rotatable bonds is 11. The van der Waals surface area contributed by atoms with E-state index in [1.54, 1.807) is 0 Å². The molecule has 0 bridgehead atoms. The molecule has 1 aliphatic rings. The number of benzene rings is 1. The van der Waals surface area contributed by atoms with Gasteiger partial charge in [0.15, 0.2) is 5.82 Å². The van der Waals surface area contributed by atoms with Gasteiger partial charge in [0, 0.05) is 36.2 Å². The van der Waals surface area contributed by atoms with Crippen LogP contribution < -0.4 is 10.3 Å². The lowest BCUT2D eigenvalue weighted by Gasteiger charge is -2.30. The third-order valence-corrected chi connectivity index (χ3v) is 6.49. The normalized spacial score (nSPS) is 15.5. The molecule has 9 heteroatoms. The lowest BCUT2D eigenvalue weighted by Crippen LogP contribution is -2.34. The van der Waals surface area contributed by atoms with E-state index in [0.717, 1.165) is 41.7 Å². The monoisotopic (exact) mass is 454 g/mol. The Morgan fingerprint density at radius 3 is 2.82 bits per heavy atom. The Hall–Kier alpha value is -2.78. The molecule has 178 valence electrons. The molecule has 0 saturated heterocycles. The maximum Gasteiger partial charge on any atom is 0.252 e. The van der Waals surface area contributed by atoms with E-state index in [-0.39, 0.29) is 18.2 Å². The number of H-pyrrole nitrogens is 1. The van der Waals surface area contributed by atoms with Gasteiger partial charge >= 0.3 is 0 Å². The molecule has 0 spiro atoms. The molecular weight excluding hydrogens is 420 g/mol. The van der Waals surface area contributed by atoms with Crippen LogP contribution in [0.15, 0.2) is 29.1 Å². The van der Waals surface area contributed by atoms with E-state index in [4.69, 9.17) is 4.74 Å². The van der Waals surface area contributed by atoms with Crippen LogP contribution in [-0.4, -0.2) is 55.0 Å². The summed E-state index contributed by atoms with van der Waals surface area (Å²) in [4.78, 5) is 18.1. The average molecular weight is 455 g/mol. The van der Waals surface area contributed by atoms with Crippen LogP contribution in [0.25, 0.3) is 10.9 Å². The lowest BCUT2D eigenvalue weighted by atomic mass is 10.1. The second-order valence-electron chi connectivity index (χ2n) is 8.70. The van der Waals surface area contributed by atoms with Gasteiger partial charge in [-0.2, -0.15) is 0 Å². The van der Waals surface area contributed by atoms with Gasteiger partial charge < -0.3 is 14.8 Å². The Morgan fingerprint density at radius 1 is 1.27 bits per heavy atom. The number of pyridine rings is 1. The van der Waals surface area contributed by atoms with Crippen LogP contribution in [-0.2, 0) is 6.54 Å². The first kappa shape index (κ1) is 23.4.